The fourth-order valence-electron chi connectivity index (χ4n) is 2.87. The summed E-state index contributed by atoms with van der Waals surface area (Å²) in [4.78, 5) is 9.44. The molecule has 1 atom stereocenters. The van der Waals surface area contributed by atoms with E-state index >= 15 is 0 Å². The quantitative estimate of drug-likeness (QED) is 0.919. The van der Waals surface area contributed by atoms with Gasteiger partial charge < -0.3 is 15.5 Å². The second-order valence-electron chi connectivity index (χ2n) is 5.73. The number of pyridine rings is 1. The van der Waals surface area contributed by atoms with Gasteiger partial charge in [0.25, 0.3) is 0 Å². The van der Waals surface area contributed by atoms with Crippen LogP contribution < -0.4 is 10.6 Å². The number of aryl methyl sites for hydroxylation is 1. The molecule has 0 spiro atoms. The van der Waals surface area contributed by atoms with E-state index in [9.17, 15) is 0 Å². The summed E-state index contributed by atoms with van der Waals surface area (Å²) in [5.74, 6) is 1.02. The van der Waals surface area contributed by atoms with Crippen molar-refractivity contribution in [2.24, 2.45) is 0 Å². The van der Waals surface area contributed by atoms with Crippen LogP contribution in [0.3, 0.4) is 0 Å². The number of hydrogen-bond acceptors (Lipinski definition) is 4. The van der Waals surface area contributed by atoms with E-state index in [2.05, 4.69) is 52.2 Å². The summed E-state index contributed by atoms with van der Waals surface area (Å²) in [5.41, 5.74) is 8.89. The number of anilines is 2. The van der Waals surface area contributed by atoms with Crippen molar-refractivity contribution in [1.29, 1.82) is 0 Å². The average molecular weight is 282 g/mol. The minimum Gasteiger partial charge on any atom is -0.397 e. The van der Waals surface area contributed by atoms with Gasteiger partial charge >= 0.3 is 0 Å². The van der Waals surface area contributed by atoms with Crippen molar-refractivity contribution in [3.8, 4) is 0 Å². The van der Waals surface area contributed by atoms with E-state index < -0.39 is 0 Å². The highest BCUT2D eigenvalue weighted by atomic mass is 15.3. The molecule has 3 rings (SSSR count). The standard InChI is InChI=1S/C17H22N4/c1-13-15(18)8-9-17(19-13)21-11-10-20(2)12-16(21)14-6-4-3-5-7-14/h3-9,16H,10-12,18H2,1-2H3. The second-order valence-corrected chi connectivity index (χ2v) is 5.73. The van der Waals surface area contributed by atoms with Crippen LogP contribution in [0.15, 0.2) is 42.5 Å². The van der Waals surface area contributed by atoms with Crippen molar-refractivity contribution in [3.63, 3.8) is 0 Å². The molecule has 21 heavy (non-hydrogen) atoms. The lowest BCUT2D eigenvalue weighted by Crippen LogP contribution is -2.47. The highest BCUT2D eigenvalue weighted by Gasteiger charge is 2.27. The zero-order valence-electron chi connectivity index (χ0n) is 12.7. The van der Waals surface area contributed by atoms with E-state index in [1.165, 1.54) is 5.56 Å². The van der Waals surface area contributed by atoms with Crippen molar-refractivity contribution in [2.45, 2.75) is 13.0 Å². The predicted molar refractivity (Wildman–Crippen MR) is 87.4 cm³/mol. The number of nitrogens with zero attached hydrogens (tertiary/aromatic N) is 3. The molecule has 0 amide bonds. The Bertz CT molecular complexity index is 611. The Balaban J connectivity index is 1.96. The van der Waals surface area contributed by atoms with Gasteiger partial charge in [-0.25, -0.2) is 4.98 Å². The number of benzene rings is 1. The number of rotatable bonds is 2. The normalized spacial score (nSPS) is 19.7. The molecule has 1 aliphatic rings. The first kappa shape index (κ1) is 13.9. The SMILES string of the molecule is Cc1nc(N2CCN(C)CC2c2ccccc2)ccc1N. The number of hydrogen-bond donors (Lipinski definition) is 1. The molecule has 0 saturated carbocycles. The summed E-state index contributed by atoms with van der Waals surface area (Å²) < 4.78 is 0. The van der Waals surface area contributed by atoms with Crippen LogP contribution in [0.2, 0.25) is 0 Å². The number of nitrogen functional groups attached to an aromatic ring is 1. The van der Waals surface area contributed by atoms with Gasteiger partial charge in [-0.05, 0) is 31.7 Å². The smallest absolute Gasteiger partial charge is 0.129 e. The molecule has 1 unspecified atom stereocenters. The van der Waals surface area contributed by atoms with E-state index in [0.717, 1.165) is 36.8 Å². The monoisotopic (exact) mass is 282 g/mol. The first-order chi connectivity index (χ1) is 10.1. The summed E-state index contributed by atoms with van der Waals surface area (Å²) in [7, 11) is 2.18. The fraction of sp³-hybridized carbons (Fsp3) is 0.353. The van der Waals surface area contributed by atoms with E-state index in [1.807, 2.05) is 19.1 Å². The maximum atomic E-state index is 5.90. The van der Waals surface area contributed by atoms with Gasteiger partial charge in [-0.3, -0.25) is 0 Å². The largest absolute Gasteiger partial charge is 0.397 e. The molecule has 110 valence electrons. The molecule has 4 nitrogen and oxygen atoms in total. The Morgan fingerprint density at radius 3 is 2.57 bits per heavy atom. The van der Waals surface area contributed by atoms with E-state index in [0.29, 0.717) is 6.04 Å². The van der Waals surface area contributed by atoms with Gasteiger partial charge in [0.1, 0.15) is 5.82 Å². The van der Waals surface area contributed by atoms with Crippen LogP contribution in [-0.4, -0.2) is 36.6 Å². The Morgan fingerprint density at radius 1 is 1.10 bits per heavy atom. The van der Waals surface area contributed by atoms with Gasteiger partial charge in [-0.15, -0.1) is 0 Å². The summed E-state index contributed by atoms with van der Waals surface area (Å²) >= 11 is 0. The van der Waals surface area contributed by atoms with Crippen LogP contribution in [0.5, 0.6) is 0 Å². The molecule has 1 aliphatic heterocycles. The van der Waals surface area contributed by atoms with Crippen molar-refractivity contribution < 1.29 is 0 Å². The number of aromatic nitrogens is 1. The van der Waals surface area contributed by atoms with Gasteiger partial charge in [0.05, 0.1) is 17.4 Å². The predicted octanol–water partition coefficient (Wildman–Crippen LogP) is 2.47. The Hall–Kier alpha value is -2.07. The Kier molecular flexibility index (Phi) is 3.80. The third-order valence-electron chi connectivity index (χ3n) is 4.17. The Labute approximate surface area is 126 Å². The van der Waals surface area contributed by atoms with Crippen LogP contribution in [0.4, 0.5) is 11.5 Å². The molecule has 0 aliphatic carbocycles. The lowest BCUT2D eigenvalue weighted by Gasteiger charge is -2.41. The van der Waals surface area contributed by atoms with Gasteiger partial charge in [0.2, 0.25) is 0 Å². The summed E-state index contributed by atoms with van der Waals surface area (Å²) in [6.07, 6.45) is 0. The first-order valence-electron chi connectivity index (χ1n) is 7.38. The van der Waals surface area contributed by atoms with Crippen molar-refractivity contribution >= 4 is 11.5 Å². The molecule has 0 radical (unpaired) electrons. The average Bonchev–Trinajstić information content (AvgIpc) is 2.51. The molecular formula is C17H22N4. The van der Waals surface area contributed by atoms with Crippen molar-refractivity contribution in [1.82, 2.24) is 9.88 Å². The van der Waals surface area contributed by atoms with Gasteiger partial charge in [-0.2, -0.15) is 0 Å². The second kappa shape index (κ2) is 5.74. The minimum absolute atomic E-state index is 0.334. The lowest BCUT2D eigenvalue weighted by molar-refractivity contribution is 0.268. The fourth-order valence-corrected chi connectivity index (χ4v) is 2.87. The van der Waals surface area contributed by atoms with Gasteiger partial charge in [0, 0.05) is 19.6 Å². The number of piperazine rings is 1. The Morgan fingerprint density at radius 2 is 1.86 bits per heavy atom. The molecule has 0 bridgehead atoms. The van der Waals surface area contributed by atoms with E-state index in [-0.39, 0.29) is 0 Å². The molecule has 2 aromatic rings. The number of nitrogens with two attached hydrogens (primary N) is 1. The van der Waals surface area contributed by atoms with Crippen LogP contribution in [-0.2, 0) is 0 Å². The van der Waals surface area contributed by atoms with Crippen LogP contribution in [0.25, 0.3) is 0 Å². The maximum Gasteiger partial charge on any atom is 0.129 e. The maximum absolute atomic E-state index is 5.90. The number of likely N-dealkylation sites (N-methyl/N-ethyl adjacent to an activating group) is 1. The third-order valence-corrected chi connectivity index (χ3v) is 4.17. The zero-order valence-corrected chi connectivity index (χ0v) is 12.7. The van der Waals surface area contributed by atoms with E-state index in [4.69, 9.17) is 5.73 Å². The van der Waals surface area contributed by atoms with Gasteiger partial charge in [0.15, 0.2) is 0 Å². The summed E-state index contributed by atoms with van der Waals surface area (Å²) in [6, 6.07) is 15.0. The van der Waals surface area contributed by atoms with Gasteiger partial charge in [-0.1, -0.05) is 30.3 Å². The molecular weight excluding hydrogens is 260 g/mol. The van der Waals surface area contributed by atoms with Crippen LogP contribution >= 0.6 is 0 Å². The summed E-state index contributed by atoms with van der Waals surface area (Å²) in [5, 5.41) is 0. The minimum atomic E-state index is 0.334. The highest BCUT2D eigenvalue weighted by molar-refractivity contribution is 5.52. The molecule has 1 aromatic heterocycles. The molecule has 1 saturated heterocycles. The molecule has 1 aromatic carbocycles. The molecule has 2 heterocycles. The topological polar surface area (TPSA) is 45.4 Å². The van der Waals surface area contributed by atoms with Crippen LogP contribution in [0.1, 0.15) is 17.3 Å². The lowest BCUT2D eigenvalue weighted by atomic mass is 10.0. The van der Waals surface area contributed by atoms with Crippen molar-refractivity contribution in [2.75, 3.05) is 37.3 Å². The van der Waals surface area contributed by atoms with E-state index in [1.54, 1.807) is 0 Å². The molecule has 2 N–H and O–H groups in total. The summed E-state index contributed by atoms with van der Waals surface area (Å²) in [6.45, 7) is 5.00. The van der Waals surface area contributed by atoms with Crippen molar-refractivity contribution in [3.05, 3.63) is 53.7 Å². The van der Waals surface area contributed by atoms with Crippen LogP contribution in [0, 0.1) is 6.92 Å². The molecule has 4 heteroatoms. The third kappa shape index (κ3) is 2.85. The molecule has 1 fully saturated rings. The first-order valence-corrected chi connectivity index (χ1v) is 7.38. The zero-order chi connectivity index (χ0) is 14.8. The highest BCUT2D eigenvalue weighted by Crippen LogP contribution is 2.29.